The Bertz CT molecular complexity index is 434. The predicted octanol–water partition coefficient (Wildman–Crippen LogP) is 4.44. The van der Waals surface area contributed by atoms with Gasteiger partial charge < -0.3 is 0 Å². The molecule has 1 fully saturated rings. The fourth-order valence-electron chi connectivity index (χ4n) is 2.86. The first-order valence-electron chi connectivity index (χ1n) is 7.11. The summed E-state index contributed by atoms with van der Waals surface area (Å²) in [5.41, 5.74) is 0.179. The third-order valence-electron chi connectivity index (χ3n) is 3.91. The molecular weight excluding hydrogens is 246 g/mol. The van der Waals surface area contributed by atoms with E-state index in [-0.39, 0.29) is 17.8 Å². The third kappa shape index (κ3) is 4.12. The predicted molar refractivity (Wildman–Crippen MR) is 70.9 cm³/mol. The highest BCUT2D eigenvalue weighted by Crippen LogP contribution is 2.26. The minimum absolute atomic E-state index is 0.0140. The van der Waals surface area contributed by atoms with Gasteiger partial charge in [0.15, 0.2) is 11.6 Å². The fraction of sp³-hybridized carbons (Fsp3) is 0.562. The smallest absolute Gasteiger partial charge is 0.162 e. The summed E-state index contributed by atoms with van der Waals surface area (Å²) in [5, 5.41) is 0. The van der Waals surface area contributed by atoms with Crippen LogP contribution in [0.3, 0.4) is 0 Å². The second kappa shape index (κ2) is 6.78. The quantitative estimate of drug-likeness (QED) is 0.736. The molecule has 0 aliphatic heterocycles. The zero-order valence-electron chi connectivity index (χ0n) is 11.1. The highest BCUT2D eigenvalue weighted by molar-refractivity contribution is 5.81. The number of ketones is 1. The van der Waals surface area contributed by atoms with Gasteiger partial charge in [0, 0.05) is 12.8 Å². The molecular formula is C16H20F2O. The van der Waals surface area contributed by atoms with E-state index in [0.717, 1.165) is 18.9 Å². The Kier molecular flexibility index (Phi) is 5.06. The van der Waals surface area contributed by atoms with E-state index in [1.54, 1.807) is 0 Å². The first-order chi connectivity index (χ1) is 9.16. The van der Waals surface area contributed by atoms with Gasteiger partial charge in [-0.05, 0) is 17.5 Å². The van der Waals surface area contributed by atoms with Gasteiger partial charge in [-0.3, -0.25) is 4.79 Å². The SMILES string of the molecule is O=C(Cc1cccc(F)c1F)CC1CCCCCC1. The van der Waals surface area contributed by atoms with Crippen molar-refractivity contribution >= 4 is 5.78 Å². The van der Waals surface area contributed by atoms with Gasteiger partial charge in [0.25, 0.3) is 0 Å². The van der Waals surface area contributed by atoms with Gasteiger partial charge in [0.05, 0.1) is 0 Å². The van der Waals surface area contributed by atoms with Crippen molar-refractivity contribution in [2.75, 3.05) is 0 Å². The summed E-state index contributed by atoms with van der Waals surface area (Å²) in [7, 11) is 0. The summed E-state index contributed by atoms with van der Waals surface area (Å²) >= 11 is 0. The lowest BCUT2D eigenvalue weighted by Crippen LogP contribution is -2.11. The molecule has 0 amide bonds. The van der Waals surface area contributed by atoms with Crippen molar-refractivity contribution in [3.63, 3.8) is 0 Å². The number of carbonyl (C=O) groups is 1. The van der Waals surface area contributed by atoms with E-state index < -0.39 is 11.6 Å². The Labute approximate surface area is 113 Å². The largest absolute Gasteiger partial charge is 0.299 e. The van der Waals surface area contributed by atoms with Crippen LogP contribution in [0, 0.1) is 17.6 Å². The van der Waals surface area contributed by atoms with E-state index in [0.29, 0.717) is 12.3 Å². The van der Waals surface area contributed by atoms with Crippen molar-refractivity contribution in [3.8, 4) is 0 Å². The molecule has 104 valence electrons. The van der Waals surface area contributed by atoms with Gasteiger partial charge in [0.1, 0.15) is 5.78 Å². The Morgan fingerprint density at radius 3 is 2.47 bits per heavy atom. The van der Waals surface area contributed by atoms with Crippen LogP contribution in [0.15, 0.2) is 18.2 Å². The topological polar surface area (TPSA) is 17.1 Å². The van der Waals surface area contributed by atoms with Crippen molar-refractivity contribution in [1.82, 2.24) is 0 Å². The molecule has 0 N–H and O–H groups in total. The molecule has 0 heterocycles. The van der Waals surface area contributed by atoms with E-state index in [9.17, 15) is 13.6 Å². The summed E-state index contributed by atoms with van der Waals surface area (Å²) in [4.78, 5) is 12.0. The lowest BCUT2D eigenvalue weighted by Gasteiger charge is -2.12. The lowest BCUT2D eigenvalue weighted by molar-refractivity contribution is -0.119. The second-order valence-corrected chi connectivity index (χ2v) is 5.49. The van der Waals surface area contributed by atoms with Crippen molar-refractivity contribution in [2.45, 2.75) is 51.4 Å². The number of carbonyl (C=O) groups excluding carboxylic acids is 1. The van der Waals surface area contributed by atoms with Gasteiger partial charge in [-0.2, -0.15) is 0 Å². The number of halogens is 2. The average molecular weight is 266 g/mol. The Hall–Kier alpha value is -1.25. The van der Waals surface area contributed by atoms with Gasteiger partial charge >= 0.3 is 0 Å². The minimum Gasteiger partial charge on any atom is -0.299 e. The standard InChI is InChI=1S/C16H20F2O/c17-15-9-5-8-13(16(15)18)11-14(19)10-12-6-3-1-2-4-7-12/h5,8-9,12H,1-4,6-7,10-11H2. The van der Waals surface area contributed by atoms with Crippen LogP contribution in [0.5, 0.6) is 0 Å². The molecule has 0 bridgehead atoms. The second-order valence-electron chi connectivity index (χ2n) is 5.49. The van der Waals surface area contributed by atoms with Crippen LogP contribution in [-0.2, 0) is 11.2 Å². The summed E-state index contributed by atoms with van der Waals surface area (Å²) < 4.78 is 26.5. The Morgan fingerprint density at radius 1 is 1.11 bits per heavy atom. The van der Waals surface area contributed by atoms with E-state index in [1.165, 1.54) is 37.8 Å². The summed E-state index contributed by atoms with van der Waals surface area (Å²) in [6.07, 6.45) is 7.59. The molecule has 0 unspecified atom stereocenters. The molecule has 2 rings (SSSR count). The van der Waals surface area contributed by atoms with Crippen LogP contribution >= 0.6 is 0 Å². The van der Waals surface area contributed by atoms with Crippen molar-refractivity contribution in [3.05, 3.63) is 35.4 Å². The maximum atomic E-state index is 13.5. The number of rotatable bonds is 4. The third-order valence-corrected chi connectivity index (χ3v) is 3.91. The number of Topliss-reactive ketones (excluding diaryl/α,β-unsaturated/α-hetero) is 1. The van der Waals surface area contributed by atoms with E-state index in [1.807, 2.05) is 0 Å². The molecule has 0 atom stereocenters. The zero-order chi connectivity index (χ0) is 13.7. The highest BCUT2D eigenvalue weighted by Gasteiger charge is 2.18. The maximum Gasteiger partial charge on any atom is 0.162 e. The van der Waals surface area contributed by atoms with Gasteiger partial charge in [-0.25, -0.2) is 8.78 Å². The summed E-state index contributed by atoms with van der Waals surface area (Å²) in [6.45, 7) is 0. The maximum absolute atomic E-state index is 13.5. The molecule has 3 heteroatoms. The number of hydrogen-bond donors (Lipinski definition) is 0. The molecule has 1 aromatic carbocycles. The fourth-order valence-corrected chi connectivity index (χ4v) is 2.86. The molecule has 0 saturated heterocycles. The average Bonchev–Trinajstić information content (AvgIpc) is 2.63. The van der Waals surface area contributed by atoms with E-state index in [2.05, 4.69) is 0 Å². The lowest BCUT2D eigenvalue weighted by atomic mass is 9.92. The van der Waals surface area contributed by atoms with Crippen molar-refractivity contribution in [2.24, 2.45) is 5.92 Å². The van der Waals surface area contributed by atoms with E-state index >= 15 is 0 Å². The molecule has 1 aromatic rings. The summed E-state index contributed by atoms with van der Waals surface area (Å²) in [6, 6.07) is 4.02. The van der Waals surface area contributed by atoms with Gasteiger partial charge in [0.2, 0.25) is 0 Å². The molecule has 0 aromatic heterocycles. The summed E-state index contributed by atoms with van der Waals surface area (Å²) in [5.74, 6) is -1.29. The van der Waals surface area contributed by atoms with Crippen LogP contribution in [0.2, 0.25) is 0 Å². The van der Waals surface area contributed by atoms with E-state index in [4.69, 9.17) is 0 Å². The van der Waals surface area contributed by atoms with Crippen molar-refractivity contribution in [1.29, 1.82) is 0 Å². The van der Waals surface area contributed by atoms with Crippen LogP contribution < -0.4 is 0 Å². The molecule has 0 spiro atoms. The van der Waals surface area contributed by atoms with Gasteiger partial charge in [-0.15, -0.1) is 0 Å². The highest BCUT2D eigenvalue weighted by atomic mass is 19.2. The first kappa shape index (κ1) is 14.2. The van der Waals surface area contributed by atoms with Gasteiger partial charge in [-0.1, -0.05) is 50.7 Å². The van der Waals surface area contributed by atoms with Crippen molar-refractivity contribution < 1.29 is 13.6 Å². The van der Waals surface area contributed by atoms with Crippen LogP contribution in [0.4, 0.5) is 8.78 Å². The Balaban J connectivity index is 1.91. The molecule has 1 saturated carbocycles. The number of benzene rings is 1. The van der Waals surface area contributed by atoms with Crippen LogP contribution in [0.25, 0.3) is 0 Å². The normalized spacial score (nSPS) is 17.2. The molecule has 1 nitrogen and oxygen atoms in total. The number of hydrogen-bond acceptors (Lipinski definition) is 1. The Morgan fingerprint density at radius 2 is 1.79 bits per heavy atom. The van der Waals surface area contributed by atoms with Crippen LogP contribution in [0.1, 0.15) is 50.5 Å². The van der Waals surface area contributed by atoms with Crippen LogP contribution in [-0.4, -0.2) is 5.78 Å². The minimum atomic E-state index is -0.878. The molecule has 1 aliphatic carbocycles. The monoisotopic (exact) mass is 266 g/mol. The molecule has 0 radical (unpaired) electrons. The first-order valence-corrected chi connectivity index (χ1v) is 7.11. The zero-order valence-corrected chi connectivity index (χ0v) is 11.1. The molecule has 19 heavy (non-hydrogen) atoms. The molecule has 1 aliphatic rings.